The molecule has 0 spiro atoms. The lowest BCUT2D eigenvalue weighted by atomic mass is 10.0. The number of carboxylic acids is 1. The molecule has 4 aliphatic heterocycles. The molecule has 73 heavy (non-hydrogen) atoms. The Morgan fingerprint density at radius 1 is 0.699 bits per heavy atom. The number of fused-ring (bicyclic) bond motifs is 4. The number of aromatic nitrogens is 1. The normalized spacial score (nSPS) is 18.1. The van der Waals surface area contributed by atoms with E-state index in [1.54, 1.807) is 24.3 Å². The van der Waals surface area contributed by atoms with E-state index in [1.165, 1.54) is 37.1 Å². The topological polar surface area (TPSA) is 218 Å². The quantitative estimate of drug-likeness (QED) is 0.0605. The smallest absolute Gasteiger partial charge is 0.305 e. The van der Waals surface area contributed by atoms with Crippen molar-refractivity contribution in [2.75, 3.05) is 92.5 Å². The van der Waals surface area contributed by atoms with E-state index >= 15 is 0 Å². The zero-order chi connectivity index (χ0) is 51.9. The van der Waals surface area contributed by atoms with Crippen LogP contribution in [0.4, 0.5) is 11.4 Å². The van der Waals surface area contributed by atoms with E-state index in [0.717, 1.165) is 18.4 Å². The van der Waals surface area contributed by atoms with Gasteiger partial charge in [-0.25, -0.2) is 0 Å². The maximum absolute atomic E-state index is 13.8. The van der Waals surface area contributed by atoms with Crippen LogP contribution in [0.25, 0.3) is 0 Å². The second-order valence-corrected chi connectivity index (χ2v) is 19.7. The second kappa shape index (κ2) is 26.1. The molecule has 0 aliphatic carbocycles. The summed E-state index contributed by atoms with van der Waals surface area (Å²) in [5, 5.41) is 11.6. The van der Waals surface area contributed by atoms with Gasteiger partial charge < -0.3 is 58.1 Å². The first-order valence-corrected chi connectivity index (χ1v) is 25.4. The van der Waals surface area contributed by atoms with E-state index in [-0.39, 0.29) is 61.8 Å². The lowest BCUT2D eigenvalue weighted by molar-refractivity contribution is -0.138. The largest absolute Gasteiger partial charge is 0.493 e. The summed E-state index contributed by atoms with van der Waals surface area (Å²) in [6.45, 7) is 12.1. The number of thioether (sulfide) groups is 1. The molecule has 2 aromatic carbocycles. The number of carbonyl (C=O) groups excluding carboxylic acids is 3. The Labute approximate surface area is 430 Å². The Balaban J connectivity index is 0.995. The van der Waals surface area contributed by atoms with Crippen molar-refractivity contribution in [3.8, 4) is 23.0 Å². The summed E-state index contributed by atoms with van der Waals surface area (Å²) in [4.78, 5) is 69.2. The van der Waals surface area contributed by atoms with Crippen molar-refractivity contribution >= 4 is 59.3 Å². The van der Waals surface area contributed by atoms with Crippen LogP contribution in [0.15, 0.2) is 69.7 Å². The van der Waals surface area contributed by atoms with E-state index < -0.39 is 10.7 Å². The van der Waals surface area contributed by atoms with E-state index in [0.29, 0.717) is 123 Å². The third-order valence-corrected chi connectivity index (χ3v) is 14.1. The highest BCUT2D eigenvalue weighted by Gasteiger charge is 2.36. The summed E-state index contributed by atoms with van der Waals surface area (Å²) in [5.41, 5.74) is 6.23. The SMILES string of the molecule is CC=C1C[C@H]2C=Nc3cc(OCc4cc(C(C)(C)SCC(=O)NCCOCCOCCOCCOCCC(=O)O)cc(COc5cc6c(cc5OC)C(=O)N5CC(=CC)C[C@H]5C=N6)n4)c(OC)cc3C(=O)N2C1. The number of carboxylic acid groups (broad SMARTS) is 1. The van der Waals surface area contributed by atoms with E-state index in [2.05, 4.69) is 5.32 Å². The number of rotatable bonds is 27. The van der Waals surface area contributed by atoms with Gasteiger partial charge in [0, 0.05) is 48.9 Å². The van der Waals surface area contributed by atoms with Gasteiger partial charge in [-0.3, -0.25) is 34.1 Å². The molecule has 5 heterocycles. The first kappa shape index (κ1) is 54.5. The Hall–Kier alpha value is -6.32. The fourth-order valence-electron chi connectivity index (χ4n) is 8.54. The lowest BCUT2D eigenvalue weighted by Crippen LogP contribution is -2.35. The number of hydrogen-bond acceptors (Lipinski definition) is 16. The molecule has 0 saturated carbocycles. The van der Waals surface area contributed by atoms with Crippen molar-refractivity contribution in [1.82, 2.24) is 20.1 Å². The lowest BCUT2D eigenvalue weighted by Gasteiger charge is -2.26. The van der Waals surface area contributed by atoms with Crippen molar-refractivity contribution in [1.29, 1.82) is 0 Å². The van der Waals surface area contributed by atoms with Crippen LogP contribution in [-0.2, 0) is 46.5 Å². The van der Waals surface area contributed by atoms with E-state index in [1.807, 2.05) is 74.2 Å². The number of nitrogens with one attached hydrogen (secondary N) is 1. The number of aliphatic imine (C=N–C) groups is 2. The summed E-state index contributed by atoms with van der Waals surface area (Å²) >= 11 is 1.46. The molecule has 4 aliphatic rings. The van der Waals surface area contributed by atoms with Gasteiger partial charge in [-0.05, 0) is 70.4 Å². The average molecular weight is 1030 g/mol. The molecule has 1 aromatic heterocycles. The van der Waals surface area contributed by atoms with Crippen LogP contribution >= 0.6 is 11.8 Å². The van der Waals surface area contributed by atoms with Crippen molar-refractivity contribution < 1.29 is 62.2 Å². The third-order valence-electron chi connectivity index (χ3n) is 12.7. The molecule has 2 fully saturated rings. The fourth-order valence-corrected chi connectivity index (χ4v) is 9.42. The first-order valence-electron chi connectivity index (χ1n) is 24.4. The number of pyridine rings is 1. The molecule has 20 heteroatoms. The van der Waals surface area contributed by atoms with Crippen LogP contribution in [0.5, 0.6) is 23.0 Å². The van der Waals surface area contributed by atoms with Gasteiger partial charge in [0.15, 0.2) is 23.0 Å². The standard InChI is InChI=1S/C53H66N6O13S/c1-7-34-19-39-27-55-43-25-47(45(65-5)23-41(43)51(63)58(39)29-34)71-31-37-21-36(53(3,4)73-33-49(60)54-10-12-68-14-16-70-18-17-69-15-13-67-11-9-50(61)62)22-38(57-37)32-72-48-26-44-42(24-46(48)66-6)52(64)59-30-35(8-2)20-40(59)28-56-44/h7-8,21-28,39-40H,9-20,29-33H2,1-6H3,(H,54,60)(H,61,62)/t39-,40-/m0/s1. The fraction of sp³-hybridized carbons (Fsp3) is 0.491. The van der Waals surface area contributed by atoms with Crippen molar-refractivity contribution in [2.45, 2.75) is 77.0 Å². The predicted octanol–water partition coefficient (Wildman–Crippen LogP) is 6.64. The van der Waals surface area contributed by atoms with Gasteiger partial charge >= 0.3 is 5.97 Å². The van der Waals surface area contributed by atoms with E-state index in [4.69, 9.17) is 58.0 Å². The number of carbonyl (C=O) groups is 4. The van der Waals surface area contributed by atoms with Crippen LogP contribution in [0.1, 0.15) is 84.6 Å². The molecule has 19 nitrogen and oxygen atoms in total. The Morgan fingerprint density at radius 3 is 1.62 bits per heavy atom. The molecule has 2 atom stereocenters. The zero-order valence-corrected chi connectivity index (χ0v) is 43.3. The van der Waals surface area contributed by atoms with Crippen molar-refractivity contribution in [3.05, 3.63) is 87.8 Å². The molecule has 7 rings (SSSR count). The molecule has 2 N–H and O–H groups in total. The number of allylic oxidation sites excluding steroid dienone is 2. The highest BCUT2D eigenvalue weighted by molar-refractivity contribution is 8.00. The van der Waals surface area contributed by atoms with Crippen LogP contribution in [0.2, 0.25) is 0 Å². The van der Waals surface area contributed by atoms with Gasteiger partial charge in [0.1, 0.15) is 13.2 Å². The summed E-state index contributed by atoms with van der Waals surface area (Å²) in [6.07, 6.45) is 9.18. The van der Waals surface area contributed by atoms with Crippen molar-refractivity contribution in [3.63, 3.8) is 0 Å². The van der Waals surface area contributed by atoms with Gasteiger partial charge in [-0.2, -0.15) is 0 Å². The van der Waals surface area contributed by atoms with E-state index in [9.17, 15) is 19.2 Å². The van der Waals surface area contributed by atoms with Gasteiger partial charge in [-0.15, -0.1) is 11.8 Å². The molecule has 3 aromatic rings. The number of hydrogen-bond donors (Lipinski definition) is 2. The van der Waals surface area contributed by atoms with Gasteiger partial charge in [-0.1, -0.05) is 23.3 Å². The summed E-state index contributed by atoms with van der Waals surface area (Å²) in [6, 6.07) is 10.4. The Bertz CT molecular complexity index is 2460. The van der Waals surface area contributed by atoms with Crippen molar-refractivity contribution in [2.24, 2.45) is 9.98 Å². The summed E-state index contributed by atoms with van der Waals surface area (Å²) < 4.78 is 45.5. The van der Waals surface area contributed by atoms with Gasteiger partial charge in [0.2, 0.25) is 5.91 Å². The van der Waals surface area contributed by atoms with Crippen LogP contribution in [0.3, 0.4) is 0 Å². The predicted molar refractivity (Wildman–Crippen MR) is 276 cm³/mol. The number of ether oxygens (including phenoxy) is 8. The molecule has 2 saturated heterocycles. The molecule has 0 unspecified atom stereocenters. The molecular weight excluding hydrogens is 961 g/mol. The molecule has 0 bridgehead atoms. The minimum atomic E-state index is -0.903. The highest BCUT2D eigenvalue weighted by atomic mass is 32.2. The maximum atomic E-state index is 13.8. The first-order chi connectivity index (χ1) is 35.3. The molecule has 0 radical (unpaired) electrons. The number of nitrogens with zero attached hydrogens (tertiary/aromatic N) is 5. The summed E-state index contributed by atoms with van der Waals surface area (Å²) in [7, 11) is 3.05. The number of benzene rings is 2. The highest BCUT2D eigenvalue weighted by Crippen LogP contribution is 2.42. The third kappa shape index (κ3) is 14.5. The number of aliphatic carboxylic acids is 1. The Kier molecular flexibility index (Phi) is 19.4. The number of methoxy groups -OCH3 is 2. The van der Waals surface area contributed by atoms with Gasteiger partial charge in [0.05, 0.1) is 125 Å². The average Bonchev–Trinajstić information content (AvgIpc) is 3.96. The Morgan fingerprint density at radius 2 is 1.16 bits per heavy atom. The summed E-state index contributed by atoms with van der Waals surface area (Å²) in [5.74, 6) is 0.409. The van der Waals surface area contributed by atoms with Gasteiger partial charge in [0.25, 0.3) is 11.8 Å². The number of amides is 3. The zero-order valence-electron chi connectivity index (χ0n) is 42.4. The molecule has 3 amide bonds. The maximum Gasteiger partial charge on any atom is 0.305 e. The van der Waals surface area contributed by atoms with Crippen LogP contribution < -0.4 is 24.3 Å². The van der Waals surface area contributed by atoms with Crippen LogP contribution in [-0.4, -0.2) is 161 Å². The minimum Gasteiger partial charge on any atom is -0.493 e. The molecule has 392 valence electrons. The van der Waals surface area contributed by atoms with Crippen LogP contribution in [0, 0.1) is 0 Å². The monoisotopic (exact) mass is 1030 g/mol. The second-order valence-electron chi connectivity index (χ2n) is 18.1. The minimum absolute atomic E-state index is 0.0195. The molecular formula is C53H66N6O13S.